The molecule has 0 aromatic heterocycles. The largest absolute Gasteiger partial charge is 0.481 e. The summed E-state index contributed by atoms with van der Waals surface area (Å²) < 4.78 is 5.07. The van der Waals surface area contributed by atoms with Crippen LogP contribution < -0.4 is 0 Å². The molecule has 1 aliphatic carbocycles. The average Bonchev–Trinajstić information content (AvgIpc) is 2.86. The van der Waals surface area contributed by atoms with Gasteiger partial charge < -0.3 is 19.8 Å². The van der Waals surface area contributed by atoms with E-state index in [1.165, 1.54) is 4.90 Å². The van der Waals surface area contributed by atoms with E-state index in [0.29, 0.717) is 13.2 Å². The summed E-state index contributed by atoms with van der Waals surface area (Å²) >= 11 is 0. The van der Waals surface area contributed by atoms with Crippen molar-refractivity contribution in [1.29, 1.82) is 0 Å². The fourth-order valence-electron chi connectivity index (χ4n) is 2.28. The summed E-state index contributed by atoms with van der Waals surface area (Å²) in [5.41, 5.74) is -0.469. The fourth-order valence-corrected chi connectivity index (χ4v) is 2.28. The lowest BCUT2D eigenvalue weighted by Gasteiger charge is -2.17. The number of amides is 1. The van der Waals surface area contributed by atoms with Gasteiger partial charge in [-0.2, -0.15) is 0 Å². The van der Waals surface area contributed by atoms with Gasteiger partial charge in [0.1, 0.15) is 0 Å². The number of ether oxygens (including phenoxy) is 1. The highest BCUT2D eigenvalue weighted by molar-refractivity contribution is 5.91. The van der Waals surface area contributed by atoms with Crippen LogP contribution >= 0.6 is 0 Å². The Kier molecular flexibility index (Phi) is 4.70. The molecule has 2 N–H and O–H groups in total. The number of nitrogens with zero attached hydrogens (tertiary/aromatic N) is 1. The lowest BCUT2D eigenvalue weighted by atomic mass is 10.1. The second kappa shape index (κ2) is 5.67. The van der Waals surface area contributed by atoms with Crippen LogP contribution in [0.2, 0.25) is 0 Å². The molecule has 0 aromatic rings. The van der Waals surface area contributed by atoms with E-state index in [9.17, 15) is 9.59 Å². The van der Waals surface area contributed by atoms with Gasteiger partial charge in [-0.1, -0.05) is 13.8 Å². The van der Waals surface area contributed by atoms with E-state index in [1.54, 1.807) is 20.9 Å². The zero-order valence-corrected chi connectivity index (χ0v) is 11.0. The molecule has 18 heavy (non-hydrogen) atoms. The van der Waals surface area contributed by atoms with Crippen LogP contribution in [0.1, 0.15) is 13.8 Å². The molecule has 1 aliphatic rings. The van der Waals surface area contributed by atoms with Crippen molar-refractivity contribution in [3.8, 4) is 0 Å². The van der Waals surface area contributed by atoms with Crippen molar-refractivity contribution >= 4 is 11.9 Å². The van der Waals surface area contributed by atoms with E-state index >= 15 is 0 Å². The topological polar surface area (TPSA) is 87.1 Å². The first-order chi connectivity index (χ1) is 8.34. The van der Waals surface area contributed by atoms with Crippen molar-refractivity contribution in [3.05, 3.63) is 0 Å². The van der Waals surface area contributed by atoms with Gasteiger partial charge in [0.05, 0.1) is 31.7 Å². The third-order valence-electron chi connectivity index (χ3n) is 3.54. The summed E-state index contributed by atoms with van der Waals surface area (Å²) in [5, 5.41) is 17.5. The summed E-state index contributed by atoms with van der Waals surface area (Å²) in [5.74, 6) is -2.10. The van der Waals surface area contributed by atoms with E-state index in [2.05, 4.69) is 0 Å². The number of rotatable bonds is 7. The molecule has 0 spiro atoms. The van der Waals surface area contributed by atoms with Gasteiger partial charge in [-0.3, -0.25) is 9.59 Å². The van der Waals surface area contributed by atoms with Crippen LogP contribution in [0.15, 0.2) is 0 Å². The number of carbonyl (C=O) groups is 2. The predicted molar refractivity (Wildman–Crippen MR) is 63.9 cm³/mol. The van der Waals surface area contributed by atoms with Crippen molar-refractivity contribution in [3.63, 3.8) is 0 Å². The molecule has 1 amide bonds. The molecular formula is C12H21NO5. The molecule has 6 heteroatoms. The van der Waals surface area contributed by atoms with E-state index < -0.39 is 23.2 Å². The number of carboxylic acid groups (broad SMARTS) is 1. The maximum absolute atomic E-state index is 12.1. The minimum Gasteiger partial charge on any atom is -0.481 e. The number of carbonyl (C=O) groups excluding carboxylic acids is 1. The molecule has 0 saturated heterocycles. The maximum Gasteiger partial charge on any atom is 0.307 e. The number of carboxylic acids is 1. The Hall–Kier alpha value is -1.14. The molecule has 0 radical (unpaired) electrons. The van der Waals surface area contributed by atoms with Gasteiger partial charge in [-0.25, -0.2) is 0 Å². The van der Waals surface area contributed by atoms with E-state index in [1.807, 2.05) is 0 Å². The van der Waals surface area contributed by atoms with Gasteiger partial charge in [-0.15, -0.1) is 0 Å². The van der Waals surface area contributed by atoms with Crippen LogP contribution in [-0.2, 0) is 14.3 Å². The first-order valence-electron chi connectivity index (χ1n) is 6.00. The van der Waals surface area contributed by atoms with Gasteiger partial charge in [0.15, 0.2) is 0 Å². The number of hydrogen-bond donors (Lipinski definition) is 2. The third kappa shape index (κ3) is 3.00. The van der Waals surface area contributed by atoms with Crippen LogP contribution in [0, 0.1) is 17.3 Å². The Morgan fingerprint density at radius 2 is 1.89 bits per heavy atom. The minimum atomic E-state index is -0.914. The predicted octanol–water partition coefficient (Wildman–Crippen LogP) is -0.190. The molecule has 1 saturated carbocycles. The maximum atomic E-state index is 12.1. The Labute approximate surface area is 107 Å². The van der Waals surface area contributed by atoms with Crippen LogP contribution in [0.5, 0.6) is 0 Å². The molecule has 0 bridgehead atoms. The second-order valence-corrected chi connectivity index (χ2v) is 5.21. The van der Waals surface area contributed by atoms with Crippen LogP contribution in [0.3, 0.4) is 0 Å². The number of aliphatic hydroxyl groups is 1. The molecule has 2 unspecified atom stereocenters. The van der Waals surface area contributed by atoms with Crippen LogP contribution in [0.25, 0.3) is 0 Å². The molecule has 0 aliphatic heterocycles. The SMILES string of the molecule is CN(CCOCCO)C(=O)C1C(C(=O)O)C1(C)C. The lowest BCUT2D eigenvalue weighted by Crippen LogP contribution is -2.33. The summed E-state index contributed by atoms with van der Waals surface area (Å²) in [6, 6.07) is 0. The quantitative estimate of drug-likeness (QED) is 0.619. The highest BCUT2D eigenvalue weighted by atomic mass is 16.5. The number of aliphatic hydroxyl groups excluding tert-OH is 1. The standard InChI is InChI=1S/C12H21NO5/c1-12(2)8(9(12)11(16)17)10(15)13(3)4-6-18-7-5-14/h8-9,14H,4-7H2,1-3H3,(H,16,17). The second-order valence-electron chi connectivity index (χ2n) is 5.21. The smallest absolute Gasteiger partial charge is 0.307 e. The van der Waals surface area contributed by atoms with Crippen molar-refractivity contribution in [2.45, 2.75) is 13.8 Å². The van der Waals surface area contributed by atoms with Crippen LogP contribution in [-0.4, -0.2) is 60.4 Å². The molecular weight excluding hydrogens is 238 g/mol. The lowest BCUT2D eigenvalue weighted by molar-refractivity contribution is -0.141. The normalized spacial score (nSPS) is 24.7. The Morgan fingerprint density at radius 3 is 2.33 bits per heavy atom. The highest BCUT2D eigenvalue weighted by Crippen LogP contribution is 2.58. The Balaban J connectivity index is 2.43. The van der Waals surface area contributed by atoms with E-state index in [-0.39, 0.29) is 19.1 Å². The Bertz CT molecular complexity index is 328. The summed E-state index contributed by atoms with van der Waals surface area (Å²) in [4.78, 5) is 24.5. The van der Waals surface area contributed by atoms with Crippen molar-refractivity contribution in [2.24, 2.45) is 17.3 Å². The summed E-state index contributed by atoms with van der Waals surface area (Å²) in [6.45, 7) is 4.53. The number of likely N-dealkylation sites (N-methyl/N-ethyl adjacent to an activating group) is 1. The molecule has 6 nitrogen and oxygen atoms in total. The molecule has 0 heterocycles. The van der Waals surface area contributed by atoms with E-state index in [4.69, 9.17) is 14.9 Å². The van der Waals surface area contributed by atoms with Gasteiger partial charge in [0.25, 0.3) is 0 Å². The average molecular weight is 259 g/mol. The molecule has 104 valence electrons. The molecule has 0 aromatic carbocycles. The Morgan fingerprint density at radius 1 is 1.28 bits per heavy atom. The summed E-state index contributed by atoms with van der Waals surface area (Å²) in [6.07, 6.45) is 0. The number of aliphatic carboxylic acids is 1. The molecule has 1 fully saturated rings. The third-order valence-corrected chi connectivity index (χ3v) is 3.54. The van der Waals surface area contributed by atoms with Gasteiger partial charge in [0, 0.05) is 13.6 Å². The first-order valence-corrected chi connectivity index (χ1v) is 6.00. The van der Waals surface area contributed by atoms with Gasteiger partial charge in [0.2, 0.25) is 5.91 Å². The first kappa shape index (κ1) is 14.9. The van der Waals surface area contributed by atoms with Crippen molar-refractivity contribution in [2.75, 3.05) is 33.4 Å². The van der Waals surface area contributed by atoms with Gasteiger partial charge in [-0.05, 0) is 5.41 Å². The monoisotopic (exact) mass is 259 g/mol. The zero-order chi connectivity index (χ0) is 13.9. The fraction of sp³-hybridized carbons (Fsp3) is 0.833. The molecule has 2 atom stereocenters. The van der Waals surface area contributed by atoms with Crippen molar-refractivity contribution in [1.82, 2.24) is 4.90 Å². The molecule has 1 rings (SSSR count). The number of hydrogen-bond acceptors (Lipinski definition) is 4. The highest BCUT2D eigenvalue weighted by Gasteiger charge is 2.66. The van der Waals surface area contributed by atoms with Crippen LogP contribution in [0.4, 0.5) is 0 Å². The van der Waals surface area contributed by atoms with Crippen molar-refractivity contribution < 1.29 is 24.5 Å². The van der Waals surface area contributed by atoms with Gasteiger partial charge >= 0.3 is 5.97 Å². The minimum absolute atomic E-state index is 0.0472. The zero-order valence-electron chi connectivity index (χ0n) is 11.0. The summed E-state index contributed by atoms with van der Waals surface area (Å²) in [7, 11) is 1.64. The van der Waals surface area contributed by atoms with E-state index in [0.717, 1.165) is 0 Å².